The van der Waals surface area contributed by atoms with Gasteiger partial charge in [-0.25, -0.2) is 4.90 Å². The molecule has 5 nitrogen and oxygen atoms in total. The molecule has 0 aromatic heterocycles. The number of aryl methyl sites for hydroxylation is 2. The van der Waals surface area contributed by atoms with Crippen molar-refractivity contribution in [2.24, 2.45) is 0 Å². The molecule has 1 aliphatic heterocycles. The number of nitrogens with one attached hydrogen (secondary N) is 1. The van der Waals surface area contributed by atoms with Crippen molar-refractivity contribution in [1.29, 1.82) is 0 Å². The molecule has 162 valence electrons. The van der Waals surface area contributed by atoms with Crippen molar-refractivity contribution >= 4 is 28.8 Å². The zero-order valence-electron chi connectivity index (χ0n) is 18.7. The Hall–Kier alpha value is -3.86. The lowest BCUT2D eigenvalue weighted by Crippen LogP contribution is -2.32. The zero-order valence-corrected chi connectivity index (χ0v) is 18.7. The molecule has 0 saturated heterocycles. The lowest BCUT2D eigenvalue weighted by molar-refractivity contribution is -0.120. The zero-order chi connectivity index (χ0) is 22.8. The number of hydrogen-bond donors (Lipinski definition) is 1. The van der Waals surface area contributed by atoms with Crippen LogP contribution in [0.3, 0.4) is 0 Å². The number of nitrogens with zero attached hydrogens (tertiary/aromatic N) is 1. The van der Waals surface area contributed by atoms with Crippen molar-refractivity contribution in [1.82, 2.24) is 0 Å². The van der Waals surface area contributed by atoms with Crippen LogP contribution in [-0.4, -0.2) is 18.4 Å². The summed E-state index contributed by atoms with van der Waals surface area (Å²) in [5.74, 6) is -0.0396. The Kier molecular flexibility index (Phi) is 5.82. The first-order valence-electron chi connectivity index (χ1n) is 10.7. The summed E-state index contributed by atoms with van der Waals surface area (Å²) in [7, 11) is 0. The molecule has 1 aliphatic rings. The van der Waals surface area contributed by atoms with Gasteiger partial charge in [0.1, 0.15) is 11.4 Å². The number of ether oxygens (including phenoxy) is 1. The maximum absolute atomic E-state index is 13.5. The van der Waals surface area contributed by atoms with Gasteiger partial charge in [0.15, 0.2) is 0 Å². The normalized spacial score (nSPS) is 13.7. The molecule has 1 N–H and O–H groups in total. The molecule has 5 heteroatoms. The number of benzene rings is 3. The highest BCUT2D eigenvalue weighted by molar-refractivity contribution is 6.46. The molecule has 2 amide bonds. The van der Waals surface area contributed by atoms with Gasteiger partial charge < -0.3 is 10.1 Å². The molecule has 0 aliphatic carbocycles. The van der Waals surface area contributed by atoms with E-state index in [4.69, 9.17) is 4.74 Å². The summed E-state index contributed by atoms with van der Waals surface area (Å²) < 4.78 is 5.49. The van der Waals surface area contributed by atoms with Gasteiger partial charge in [-0.3, -0.25) is 9.59 Å². The molecule has 0 spiro atoms. The van der Waals surface area contributed by atoms with Crippen molar-refractivity contribution in [3.8, 4) is 5.75 Å². The Balaban J connectivity index is 1.79. The third kappa shape index (κ3) is 3.89. The lowest BCUT2D eigenvalue weighted by atomic mass is 10.0. The summed E-state index contributed by atoms with van der Waals surface area (Å²) in [6.07, 6.45) is 0. The highest BCUT2D eigenvalue weighted by Crippen LogP contribution is 2.35. The minimum atomic E-state index is -0.379. The summed E-state index contributed by atoms with van der Waals surface area (Å²) in [5, 5.41) is 3.27. The van der Waals surface area contributed by atoms with Crippen LogP contribution in [0.2, 0.25) is 0 Å². The Morgan fingerprint density at radius 3 is 2.19 bits per heavy atom. The van der Waals surface area contributed by atoms with E-state index in [1.807, 2.05) is 70.2 Å². The Labute approximate surface area is 188 Å². The number of imide groups is 1. The third-order valence-electron chi connectivity index (χ3n) is 5.69. The van der Waals surface area contributed by atoms with Crippen molar-refractivity contribution < 1.29 is 14.3 Å². The minimum Gasteiger partial charge on any atom is -0.494 e. The van der Waals surface area contributed by atoms with Gasteiger partial charge in [0, 0.05) is 5.69 Å². The van der Waals surface area contributed by atoms with Crippen LogP contribution in [0.25, 0.3) is 5.57 Å². The fourth-order valence-corrected chi connectivity index (χ4v) is 3.75. The first-order valence-corrected chi connectivity index (χ1v) is 10.7. The van der Waals surface area contributed by atoms with E-state index in [2.05, 4.69) is 5.32 Å². The molecule has 3 aromatic carbocycles. The molecule has 0 atom stereocenters. The molecule has 3 aromatic rings. The average molecular weight is 427 g/mol. The molecule has 0 radical (unpaired) electrons. The Morgan fingerprint density at radius 1 is 0.844 bits per heavy atom. The topological polar surface area (TPSA) is 58.6 Å². The summed E-state index contributed by atoms with van der Waals surface area (Å²) in [4.78, 5) is 28.3. The number of carbonyl (C=O) groups excluding carboxylic acids is 2. The third-order valence-corrected chi connectivity index (χ3v) is 5.69. The highest BCUT2D eigenvalue weighted by atomic mass is 16.5. The highest BCUT2D eigenvalue weighted by Gasteiger charge is 2.40. The number of hydrogen-bond acceptors (Lipinski definition) is 4. The van der Waals surface area contributed by atoms with Gasteiger partial charge in [-0.1, -0.05) is 42.0 Å². The summed E-state index contributed by atoms with van der Waals surface area (Å²) in [6.45, 7) is 8.45. The predicted octanol–water partition coefficient (Wildman–Crippen LogP) is 5.41. The molecule has 4 rings (SSSR count). The quantitative estimate of drug-likeness (QED) is 0.536. The van der Waals surface area contributed by atoms with E-state index < -0.39 is 0 Å². The van der Waals surface area contributed by atoms with Gasteiger partial charge in [-0.2, -0.15) is 0 Å². The fourth-order valence-electron chi connectivity index (χ4n) is 3.75. The van der Waals surface area contributed by atoms with Crippen LogP contribution in [0.1, 0.15) is 29.2 Å². The fraction of sp³-hybridized carbons (Fsp3) is 0.185. The monoisotopic (exact) mass is 426 g/mol. The largest absolute Gasteiger partial charge is 0.494 e. The van der Waals surface area contributed by atoms with Gasteiger partial charge in [-0.05, 0) is 74.7 Å². The van der Waals surface area contributed by atoms with Crippen LogP contribution < -0.4 is 15.0 Å². The average Bonchev–Trinajstić information content (AvgIpc) is 3.02. The van der Waals surface area contributed by atoms with E-state index in [-0.39, 0.29) is 17.5 Å². The molecular formula is C27H26N2O3. The second kappa shape index (κ2) is 8.71. The van der Waals surface area contributed by atoms with Crippen LogP contribution in [0, 0.1) is 20.8 Å². The first-order chi connectivity index (χ1) is 15.4. The second-order valence-corrected chi connectivity index (χ2v) is 7.86. The maximum Gasteiger partial charge on any atom is 0.282 e. The van der Waals surface area contributed by atoms with Gasteiger partial charge >= 0.3 is 0 Å². The summed E-state index contributed by atoms with van der Waals surface area (Å²) in [5.41, 5.74) is 5.88. The molecule has 0 unspecified atom stereocenters. The number of amides is 2. The first kappa shape index (κ1) is 21.4. The molecule has 1 heterocycles. The Morgan fingerprint density at radius 2 is 1.53 bits per heavy atom. The summed E-state index contributed by atoms with van der Waals surface area (Å²) >= 11 is 0. The number of anilines is 2. The molecule has 0 bridgehead atoms. The van der Waals surface area contributed by atoms with E-state index in [1.165, 1.54) is 4.90 Å². The number of carbonyl (C=O) groups is 2. The van der Waals surface area contributed by atoms with E-state index in [9.17, 15) is 9.59 Å². The van der Waals surface area contributed by atoms with Crippen molar-refractivity contribution in [3.63, 3.8) is 0 Å². The van der Waals surface area contributed by atoms with Gasteiger partial charge in [0.25, 0.3) is 11.8 Å². The maximum atomic E-state index is 13.5. The van der Waals surface area contributed by atoms with E-state index >= 15 is 0 Å². The molecule has 0 saturated carbocycles. The van der Waals surface area contributed by atoms with Crippen LogP contribution in [0.4, 0.5) is 11.4 Å². The molecular weight excluding hydrogens is 400 g/mol. The van der Waals surface area contributed by atoms with Crippen molar-refractivity contribution in [2.75, 3.05) is 16.8 Å². The van der Waals surface area contributed by atoms with E-state index in [1.54, 1.807) is 24.3 Å². The van der Waals surface area contributed by atoms with Crippen molar-refractivity contribution in [2.45, 2.75) is 27.7 Å². The minimum absolute atomic E-state index is 0.279. The van der Waals surface area contributed by atoms with Crippen LogP contribution >= 0.6 is 0 Å². The van der Waals surface area contributed by atoms with Crippen LogP contribution in [0.5, 0.6) is 5.75 Å². The van der Waals surface area contributed by atoms with E-state index in [0.29, 0.717) is 29.2 Å². The standard InChI is InChI=1S/C27H26N2O3/c1-5-32-22-15-13-21(14-16-22)29-26(30)24(20-11-9-17(2)10-12-20)25(27(29)31)28-23-8-6-7-18(3)19(23)4/h6-16,28H,5H2,1-4H3. The second-order valence-electron chi connectivity index (χ2n) is 7.86. The van der Waals surface area contributed by atoms with Crippen molar-refractivity contribution in [3.05, 3.63) is 94.7 Å². The van der Waals surface area contributed by atoms with Crippen LogP contribution in [-0.2, 0) is 9.59 Å². The molecule has 0 fully saturated rings. The predicted molar refractivity (Wildman–Crippen MR) is 128 cm³/mol. The smallest absolute Gasteiger partial charge is 0.282 e. The lowest BCUT2D eigenvalue weighted by Gasteiger charge is -2.16. The van der Waals surface area contributed by atoms with Gasteiger partial charge in [0.05, 0.1) is 17.9 Å². The molecule has 32 heavy (non-hydrogen) atoms. The van der Waals surface area contributed by atoms with Crippen LogP contribution in [0.15, 0.2) is 72.4 Å². The Bertz CT molecular complexity index is 1210. The SMILES string of the molecule is CCOc1ccc(N2C(=O)C(Nc3cccc(C)c3C)=C(c3ccc(C)cc3)C2=O)cc1. The van der Waals surface area contributed by atoms with Gasteiger partial charge in [-0.15, -0.1) is 0 Å². The van der Waals surface area contributed by atoms with Gasteiger partial charge in [0.2, 0.25) is 0 Å². The number of rotatable bonds is 6. The van der Waals surface area contributed by atoms with E-state index in [0.717, 1.165) is 22.4 Å². The summed E-state index contributed by atoms with van der Waals surface area (Å²) in [6, 6.07) is 20.5.